The first-order valence-electron chi connectivity index (χ1n) is 3.53. The molecule has 0 unspecified atom stereocenters. The van der Waals surface area contributed by atoms with Gasteiger partial charge >= 0.3 is 0 Å². The highest BCUT2D eigenvalue weighted by Gasteiger charge is 2.11. The van der Waals surface area contributed by atoms with Crippen molar-refractivity contribution in [2.75, 3.05) is 0 Å². The monoisotopic (exact) mass is 161 g/mol. The van der Waals surface area contributed by atoms with Crippen LogP contribution in [-0.2, 0) is 0 Å². The molecule has 0 aliphatic carbocycles. The lowest BCUT2D eigenvalue weighted by Gasteiger charge is -2.02. The Morgan fingerprint density at radius 3 is 2.50 bits per heavy atom. The van der Waals surface area contributed by atoms with E-state index in [1.54, 1.807) is 19.9 Å². The van der Waals surface area contributed by atoms with Crippen LogP contribution in [0.3, 0.4) is 0 Å². The van der Waals surface area contributed by atoms with Crippen LogP contribution in [-0.4, -0.2) is 12.8 Å². The standard InChI is InChI=1S/C8H8BNO2/c1-5-3-7(9)4-8(6(5)2)10(11)12/h3-4H,1-2H3. The molecule has 0 spiro atoms. The highest BCUT2D eigenvalue weighted by Crippen LogP contribution is 2.18. The van der Waals surface area contributed by atoms with Gasteiger partial charge in [0.1, 0.15) is 7.85 Å². The maximum Gasteiger partial charge on any atom is 0.271 e. The average molecular weight is 161 g/mol. The Morgan fingerprint density at radius 2 is 2.00 bits per heavy atom. The van der Waals surface area contributed by atoms with Crippen molar-refractivity contribution in [1.29, 1.82) is 0 Å². The van der Waals surface area contributed by atoms with Crippen molar-refractivity contribution in [3.63, 3.8) is 0 Å². The van der Waals surface area contributed by atoms with Crippen molar-refractivity contribution in [3.8, 4) is 0 Å². The van der Waals surface area contributed by atoms with Gasteiger partial charge in [0, 0.05) is 11.6 Å². The SMILES string of the molecule is [B]c1cc(C)c(C)c([N+](=O)[O-])c1. The number of nitrogens with zero attached hydrogens (tertiary/aromatic N) is 1. The third-order valence-corrected chi connectivity index (χ3v) is 1.86. The summed E-state index contributed by atoms with van der Waals surface area (Å²) in [5, 5.41) is 10.5. The Hall–Kier alpha value is -1.32. The van der Waals surface area contributed by atoms with E-state index in [0.29, 0.717) is 11.0 Å². The molecular formula is C8H8BNO2. The van der Waals surface area contributed by atoms with Crippen LogP contribution < -0.4 is 5.46 Å². The summed E-state index contributed by atoms with van der Waals surface area (Å²) in [6.45, 7) is 3.52. The molecule has 0 aliphatic heterocycles. The van der Waals surface area contributed by atoms with E-state index in [1.165, 1.54) is 6.07 Å². The summed E-state index contributed by atoms with van der Waals surface area (Å²) in [6.07, 6.45) is 0. The molecule has 1 aromatic rings. The van der Waals surface area contributed by atoms with E-state index < -0.39 is 4.92 Å². The minimum Gasteiger partial charge on any atom is -0.258 e. The number of benzene rings is 1. The molecule has 0 fully saturated rings. The summed E-state index contributed by atoms with van der Waals surface area (Å²) in [6, 6.07) is 3.10. The summed E-state index contributed by atoms with van der Waals surface area (Å²) >= 11 is 0. The minimum atomic E-state index is -0.418. The van der Waals surface area contributed by atoms with Gasteiger partial charge in [-0.2, -0.15) is 0 Å². The van der Waals surface area contributed by atoms with Crippen LogP contribution in [0.15, 0.2) is 12.1 Å². The highest BCUT2D eigenvalue weighted by atomic mass is 16.6. The quantitative estimate of drug-likeness (QED) is 0.350. The third-order valence-electron chi connectivity index (χ3n) is 1.86. The van der Waals surface area contributed by atoms with Crippen molar-refractivity contribution >= 4 is 19.0 Å². The largest absolute Gasteiger partial charge is 0.271 e. The van der Waals surface area contributed by atoms with Crippen LogP contribution in [0, 0.1) is 24.0 Å². The number of nitro groups is 1. The Bertz CT molecular complexity index is 336. The van der Waals surface area contributed by atoms with Crippen molar-refractivity contribution in [3.05, 3.63) is 33.4 Å². The van der Waals surface area contributed by atoms with E-state index in [9.17, 15) is 10.1 Å². The summed E-state index contributed by atoms with van der Waals surface area (Å²) < 4.78 is 0. The van der Waals surface area contributed by atoms with Crippen molar-refractivity contribution in [2.45, 2.75) is 13.8 Å². The Kier molecular flexibility index (Phi) is 2.17. The van der Waals surface area contributed by atoms with Crippen LogP contribution in [0.5, 0.6) is 0 Å². The van der Waals surface area contributed by atoms with E-state index in [2.05, 4.69) is 0 Å². The first kappa shape index (κ1) is 8.78. The van der Waals surface area contributed by atoms with E-state index in [0.717, 1.165) is 5.56 Å². The van der Waals surface area contributed by atoms with Gasteiger partial charge in [-0.05, 0) is 19.4 Å². The van der Waals surface area contributed by atoms with E-state index in [1.807, 2.05) is 0 Å². The smallest absolute Gasteiger partial charge is 0.258 e. The van der Waals surface area contributed by atoms with Crippen molar-refractivity contribution in [2.24, 2.45) is 0 Å². The zero-order chi connectivity index (χ0) is 9.30. The number of hydrogen-bond donors (Lipinski definition) is 0. The van der Waals surface area contributed by atoms with Crippen LogP contribution in [0.1, 0.15) is 11.1 Å². The molecule has 2 radical (unpaired) electrons. The molecule has 1 aromatic carbocycles. The predicted octanol–water partition coefficient (Wildman–Crippen LogP) is 1.01. The average Bonchev–Trinajstić information content (AvgIpc) is 1.96. The Balaban J connectivity index is 3.37. The molecule has 0 aromatic heterocycles. The molecular weight excluding hydrogens is 153 g/mol. The molecule has 0 amide bonds. The van der Waals surface area contributed by atoms with E-state index in [4.69, 9.17) is 7.85 Å². The molecule has 1 rings (SSSR count). The first-order valence-corrected chi connectivity index (χ1v) is 3.53. The van der Waals surface area contributed by atoms with Crippen LogP contribution in [0.4, 0.5) is 5.69 Å². The van der Waals surface area contributed by atoms with E-state index in [-0.39, 0.29) is 5.69 Å². The van der Waals surface area contributed by atoms with Gasteiger partial charge in [-0.1, -0.05) is 11.5 Å². The molecule has 12 heavy (non-hydrogen) atoms. The van der Waals surface area contributed by atoms with E-state index >= 15 is 0 Å². The second-order valence-electron chi connectivity index (χ2n) is 2.74. The molecule has 0 bridgehead atoms. The first-order chi connectivity index (χ1) is 5.52. The molecule has 0 atom stereocenters. The van der Waals surface area contributed by atoms with Gasteiger partial charge in [-0.25, -0.2) is 0 Å². The van der Waals surface area contributed by atoms with Gasteiger partial charge in [0.05, 0.1) is 4.92 Å². The maximum atomic E-state index is 10.5. The van der Waals surface area contributed by atoms with Crippen LogP contribution in [0.25, 0.3) is 0 Å². The molecule has 0 saturated heterocycles. The van der Waals surface area contributed by atoms with Gasteiger partial charge in [0.15, 0.2) is 0 Å². The van der Waals surface area contributed by atoms with Crippen molar-refractivity contribution < 1.29 is 4.92 Å². The van der Waals surface area contributed by atoms with Crippen LogP contribution >= 0.6 is 0 Å². The van der Waals surface area contributed by atoms with Crippen molar-refractivity contribution in [1.82, 2.24) is 0 Å². The number of nitro benzene ring substituents is 1. The third kappa shape index (κ3) is 1.47. The summed E-state index contributed by atoms with van der Waals surface area (Å²) in [7, 11) is 5.46. The summed E-state index contributed by atoms with van der Waals surface area (Å²) in [5.74, 6) is 0. The fourth-order valence-corrected chi connectivity index (χ4v) is 1.06. The predicted molar refractivity (Wildman–Crippen MR) is 48.0 cm³/mol. The summed E-state index contributed by atoms with van der Waals surface area (Å²) in [5.41, 5.74) is 2.05. The molecule has 60 valence electrons. The highest BCUT2D eigenvalue weighted by molar-refractivity contribution is 6.32. The molecule has 0 heterocycles. The molecule has 3 nitrogen and oxygen atoms in total. The lowest BCUT2D eigenvalue weighted by Crippen LogP contribution is -2.06. The fraction of sp³-hybridized carbons (Fsp3) is 0.250. The summed E-state index contributed by atoms with van der Waals surface area (Å²) in [4.78, 5) is 10.1. The van der Waals surface area contributed by atoms with Gasteiger partial charge < -0.3 is 0 Å². The number of aryl methyl sites for hydroxylation is 1. The zero-order valence-corrected chi connectivity index (χ0v) is 7.00. The zero-order valence-electron chi connectivity index (χ0n) is 7.00. The van der Waals surface area contributed by atoms with Crippen LogP contribution in [0.2, 0.25) is 0 Å². The lowest BCUT2D eigenvalue weighted by molar-refractivity contribution is -0.385. The maximum absolute atomic E-state index is 10.5. The van der Waals surface area contributed by atoms with Gasteiger partial charge in [0.25, 0.3) is 5.69 Å². The van der Waals surface area contributed by atoms with Gasteiger partial charge in [0.2, 0.25) is 0 Å². The minimum absolute atomic E-state index is 0.0903. The molecule has 4 heteroatoms. The van der Waals surface area contributed by atoms with Gasteiger partial charge in [-0.3, -0.25) is 10.1 Å². The molecule has 0 N–H and O–H groups in total. The molecule has 0 saturated carbocycles. The van der Waals surface area contributed by atoms with Gasteiger partial charge in [-0.15, -0.1) is 0 Å². The lowest BCUT2D eigenvalue weighted by atomic mass is 9.91. The second kappa shape index (κ2) is 2.97. The molecule has 0 aliphatic rings. The number of hydrogen-bond acceptors (Lipinski definition) is 2. The number of rotatable bonds is 1. The fourth-order valence-electron chi connectivity index (χ4n) is 1.06. The second-order valence-corrected chi connectivity index (χ2v) is 2.74. The topological polar surface area (TPSA) is 43.1 Å². The Morgan fingerprint density at radius 1 is 1.42 bits per heavy atom. The Labute approximate surface area is 72.0 Å². The normalized spacial score (nSPS) is 9.83.